The van der Waals surface area contributed by atoms with E-state index in [2.05, 4.69) is 15.8 Å². The summed E-state index contributed by atoms with van der Waals surface area (Å²) >= 11 is 1.64. The van der Waals surface area contributed by atoms with E-state index < -0.39 is 0 Å². The highest BCUT2D eigenvalue weighted by atomic mass is 32.1. The maximum Gasteiger partial charge on any atom is 0.267 e. The zero-order valence-corrected chi connectivity index (χ0v) is 10.2. The van der Waals surface area contributed by atoms with Crippen LogP contribution in [0.15, 0.2) is 27.7 Å². The molecule has 1 N–H and O–H groups in total. The van der Waals surface area contributed by atoms with Gasteiger partial charge in [0.2, 0.25) is 0 Å². The second-order valence-electron chi connectivity index (χ2n) is 4.17. The first kappa shape index (κ1) is 10.7. The van der Waals surface area contributed by atoms with E-state index in [1.165, 1.54) is 0 Å². The van der Waals surface area contributed by atoms with E-state index >= 15 is 0 Å². The standard InChI is InChI=1S/C12H13N3OS/c16-12-5-10-6-13-3-1-11(10)14-15(12)7-9-2-4-17-8-9/h2,4-5,8,13H,1,3,6-7H2. The lowest BCUT2D eigenvalue weighted by molar-refractivity contribution is 0.563. The Kier molecular flexibility index (Phi) is 2.78. The molecule has 1 aliphatic rings. The van der Waals surface area contributed by atoms with E-state index in [9.17, 15) is 4.79 Å². The molecule has 3 rings (SSSR count). The number of nitrogens with zero attached hydrogens (tertiary/aromatic N) is 2. The summed E-state index contributed by atoms with van der Waals surface area (Å²) in [6, 6.07) is 3.74. The lowest BCUT2D eigenvalue weighted by Crippen LogP contribution is -2.31. The van der Waals surface area contributed by atoms with Crippen molar-refractivity contribution >= 4 is 11.3 Å². The van der Waals surface area contributed by atoms with Gasteiger partial charge in [-0.1, -0.05) is 0 Å². The first-order valence-electron chi connectivity index (χ1n) is 5.64. The van der Waals surface area contributed by atoms with E-state index in [0.717, 1.165) is 36.3 Å². The second kappa shape index (κ2) is 4.43. The molecule has 17 heavy (non-hydrogen) atoms. The minimum Gasteiger partial charge on any atom is -0.312 e. The first-order chi connectivity index (χ1) is 8.33. The van der Waals surface area contributed by atoms with Crippen LogP contribution in [0, 0.1) is 0 Å². The molecule has 0 atom stereocenters. The summed E-state index contributed by atoms with van der Waals surface area (Å²) in [6.07, 6.45) is 0.902. The van der Waals surface area contributed by atoms with Crippen molar-refractivity contribution in [2.24, 2.45) is 0 Å². The number of nitrogens with one attached hydrogen (secondary N) is 1. The van der Waals surface area contributed by atoms with Crippen molar-refractivity contribution in [2.45, 2.75) is 19.5 Å². The second-order valence-corrected chi connectivity index (χ2v) is 4.95. The van der Waals surface area contributed by atoms with Crippen molar-refractivity contribution in [1.82, 2.24) is 15.1 Å². The Balaban J connectivity index is 1.97. The molecule has 0 saturated heterocycles. The van der Waals surface area contributed by atoms with Crippen LogP contribution >= 0.6 is 11.3 Å². The lowest BCUT2D eigenvalue weighted by Gasteiger charge is -2.16. The van der Waals surface area contributed by atoms with Gasteiger partial charge in [0.1, 0.15) is 0 Å². The molecule has 4 nitrogen and oxygen atoms in total. The van der Waals surface area contributed by atoms with Crippen LogP contribution in [0.2, 0.25) is 0 Å². The Hall–Kier alpha value is -1.46. The van der Waals surface area contributed by atoms with Gasteiger partial charge in [-0.15, -0.1) is 0 Å². The van der Waals surface area contributed by atoms with Gasteiger partial charge in [0, 0.05) is 25.6 Å². The molecule has 0 fully saturated rings. The molecule has 0 radical (unpaired) electrons. The van der Waals surface area contributed by atoms with Crippen molar-refractivity contribution in [3.8, 4) is 0 Å². The van der Waals surface area contributed by atoms with Crippen LogP contribution in [0.4, 0.5) is 0 Å². The average molecular weight is 247 g/mol. The van der Waals surface area contributed by atoms with Crippen molar-refractivity contribution in [2.75, 3.05) is 6.54 Å². The highest BCUT2D eigenvalue weighted by molar-refractivity contribution is 7.07. The number of hydrogen-bond acceptors (Lipinski definition) is 4. The Morgan fingerprint density at radius 2 is 2.47 bits per heavy atom. The summed E-state index contributed by atoms with van der Waals surface area (Å²) in [6.45, 7) is 2.27. The summed E-state index contributed by atoms with van der Waals surface area (Å²) in [4.78, 5) is 11.9. The summed E-state index contributed by atoms with van der Waals surface area (Å²) in [5.74, 6) is 0. The van der Waals surface area contributed by atoms with Crippen LogP contribution in [-0.4, -0.2) is 16.3 Å². The molecule has 1 aliphatic heterocycles. The van der Waals surface area contributed by atoms with Gasteiger partial charge in [0.25, 0.3) is 5.56 Å². The number of aromatic nitrogens is 2. The highest BCUT2D eigenvalue weighted by Gasteiger charge is 2.12. The summed E-state index contributed by atoms with van der Waals surface area (Å²) in [7, 11) is 0. The zero-order chi connectivity index (χ0) is 11.7. The molecular formula is C12H13N3OS. The Bertz CT molecular complexity index is 574. The van der Waals surface area contributed by atoms with Gasteiger partial charge in [-0.05, 0) is 28.0 Å². The third-order valence-electron chi connectivity index (χ3n) is 2.93. The number of hydrogen-bond donors (Lipinski definition) is 1. The van der Waals surface area contributed by atoms with Crippen LogP contribution in [0.5, 0.6) is 0 Å². The minimum atomic E-state index is -0.0151. The number of fused-ring (bicyclic) bond motifs is 1. The van der Waals surface area contributed by atoms with E-state index in [1.54, 1.807) is 22.1 Å². The Morgan fingerprint density at radius 3 is 3.29 bits per heavy atom. The van der Waals surface area contributed by atoms with Crippen LogP contribution in [0.25, 0.3) is 0 Å². The van der Waals surface area contributed by atoms with E-state index in [4.69, 9.17) is 0 Å². The van der Waals surface area contributed by atoms with Gasteiger partial charge in [0.15, 0.2) is 0 Å². The molecule has 0 spiro atoms. The van der Waals surface area contributed by atoms with Gasteiger partial charge in [-0.25, -0.2) is 4.68 Å². The molecule has 3 heterocycles. The fraction of sp³-hybridized carbons (Fsp3) is 0.333. The summed E-state index contributed by atoms with van der Waals surface area (Å²) < 4.78 is 1.56. The Morgan fingerprint density at radius 1 is 1.53 bits per heavy atom. The van der Waals surface area contributed by atoms with Crippen LogP contribution in [0.1, 0.15) is 16.8 Å². The molecule has 0 unspecified atom stereocenters. The quantitative estimate of drug-likeness (QED) is 0.861. The predicted octanol–water partition coefficient (Wildman–Crippen LogP) is 0.999. The Labute approximate surface area is 103 Å². The molecule has 5 heteroatoms. The van der Waals surface area contributed by atoms with E-state index in [0.29, 0.717) is 6.54 Å². The van der Waals surface area contributed by atoms with Gasteiger partial charge in [-0.2, -0.15) is 16.4 Å². The first-order valence-corrected chi connectivity index (χ1v) is 6.59. The molecule has 0 saturated carbocycles. The van der Waals surface area contributed by atoms with Crippen molar-refractivity contribution < 1.29 is 0 Å². The minimum absolute atomic E-state index is 0.0151. The van der Waals surface area contributed by atoms with Gasteiger partial charge >= 0.3 is 0 Å². The fourth-order valence-corrected chi connectivity index (χ4v) is 2.69. The predicted molar refractivity (Wildman–Crippen MR) is 67.3 cm³/mol. The van der Waals surface area contributed by atoms with E-state index in [-0.39, 0.29) is 5.56 Å². The van der Waals surface area contributed by atoms with E-state index in [1.807, 2.05) is 11.4 Å². The largest absolute Gasteiger partial charge is 0.312 e. The topological polar surface area (TPSA) is 46.9 Å². The van der Waals surface area contributed by atoms with Crippen molar-refractivity contribution in [1.29, 1.82) is 0 Å². The zero-order valence-electron chi connectivity index (χ0n) is 9.35. The number of thiophene rings is 1. The molecule has 2 aromatic rings. The maximum absolute atomic E-state index is 11.9. The molecule has 0 aromatic carbocycles. The summed E-state index contributed by atoms with van der Waals surface area (Å²) in [5, 5.41) is 11.8. The maximum atomic E-state index is 11.9. The third-order valence-corrected chi connectivity index (χ3v) is 3.66. The van der Waals surface area contributed by atoms with Gasteiger partial charge in [-0.3, -0.25) is 4.79 Å². The third kappa shape index (κ3) is 2.16. The summed E-state index contributed by atoms with van der Waals surface area (Å²) in [5.41, 5.74) is 3.22. The molecule has 0 aliphatic carbocycles. The molecule has 2 aromatic heterocycles. The van der Waals surface area contributed by atoms with Crippen LogP contribution in [-0.2, 0) is 19.5 Å². The molecule has 88 valence electrons. The van der Waals surface area contributed by atoms with Crippen molar-refractivity contribution in [3.63, 3.8) is 0 Å². The van der Waals surface area contributed by atoms with Crippen LogP contribution in [0.3, 0.4) is 0 Å². The fourth-order valence-electron chi connectivity index (χ4n) is 2.03. The van der Waals surface area contributed by atoms with Gasteiger partial charge in [0.05, 0.1) is 12.2 Å². The molecular weight excluding hydrogens is 234 g/mol. The average Bonchev–Trinajstić information content (AvgIpc) is 2.83. The lowest BCUT2D eigenvalue weighted by atomic mass is 10.1. The SMILES string of the molecule is O=c1cc2c(nn1Cc1ccsc1)CCNC2. The normalized spacial score (nSPS) is 14.6. The highest BCUT2D eigenvalue weighted by Crippen LogP contribution is 2.10. The van der Waals surface area contributed by atoms with Gasteiger partial charge < -0.3 is 5.32 Å². The monoisotopic (exact) mass is 247 g/mol. The number of rotatable bonds is 2. The smallest absolute Gasteiger partial charge is 0.267 e. The van der Waals surface area contributed by atoms with Crippen LogP contribution < -0.4 is 10.9 Å². The molecule has 0 bridgehead atoms. The van der Waals surface area contributed by atoms with Crippen molar-refractivity contribution in [3.05, 3.63) is 50.1 Å². The molecule has 0 amide bonds.